The number of nitrogens with one attached hydrogen (secondary N) is 1. The quantitative estimate of drug-likeness (QED) is 0.838. The molecule has 0 bridgehead atoms. The third-order valence-corrected chi connectivity index (χ3v) is 3.84. The van der Waals surface area contributed by atoms with Gasteiger partial charge in [-0.2, -0.15) is 0 Å². The first kappa shape index (κ1) is 17.1. The molecule has 25 heavy (non-hydrogen) atoms. The highest BCUT2D eigenvalue weighted by atomic mass is 16.6. The minimum atomic E-state index is -0.527. The van der Waals surface area contributed by atoms with Crippen LogP contribution in [-0.4, -0.2) is 36.0 Å². The van der Waals surface area contributed by atoms with Crippen molar-refractivity contribution < 1.29 is 18.7 Å². The van der Waals surface area contributed by atoms with Crippen molar-refractivity contribution in [3.8, 4) is 11.3 Å². The summed E-state index contributed by atoms with van der Waals surface area (Å²) in [6.07, 6.45) is 0.354. The second-order valence-electron chi connectivity index (χ2n) is 7.02. The number of furan rings is 1. The molecule has 1 N–H and O–H groups in total. The molecule has 0 aliphatic carbocycles. The number of carbonyl (C=O) groups excluding carboxylic acids is 2. The molecular weight excluding hydrogens is 320 g/mol. The van der Waals surface area contributed by atoms with Crippen LogP contribution in [0.4, 0.5) is 10.5 Å². The van der Waals surface area contributed by atoms with Gasteiger partial charge in [-0.25, -0.2) is 4.79 Å². The van der Waals surface area contributed by atoms with E-state index in [1.165, 1.54) is 0 Å². The summed E-state index contributed by atoms with van der Waals surface area (Å²) in [5.74, 6) is 0.913. The highest BCUT2D eigenvalue weighted by molar-refractivity contribution is 5.74. The number of carbonyl (C=O) groups is 2. The van der Waals surface area contributed by atoms with Gasteiger partial charge in [0.2, 0.25) is 0 Å². The molecule has 1 aliphatic rings. The molecule has 1 aliphatic heterocycles. The van der Waals surface area contributed by atoms with Crippen LogP contribution in [0.1, 0.15) is 36.9 Å². The Morgan fingerprint density at radius 2 is 2.08 bits per heavy atom. The van der Waals surface area contributed by atoms with Gasteiger partial charge in [0, 0.05) is 24.3 Å². The van der Waals surface area contributed by atoms with Gasteiger partial charge >= 0.3 is 6.09 Å². The van der Waals surface area contributed by atoms with Crippen molar-refractivity contribution in [2.45, 2.75) is 32.9 Å². The van der Waals surface area contributed by atoms with E-state index in [9.17, 15) is 9.59 Å². The Hall–Kier alpha value is -2.76. The lowest BCUT2D eigenvalue weighted by Crippen LogP contribution is -2.37. The van der Waals surface area contributed by atoms with Crippen molar-refractivity contribution in [1.29, 1.82) is 0 Å². The van der Waals surface area contributed by atoms with Crippen LogP contribution in [0.5, 0.6) is 0 Å². The van der Waals surface area contributed by atoms with Crippen LogP contribution in [0.25, 0.3) is 11.3 Å². The Morgan fingerprint density at radius 3 is 2.76 bits per heavy atom. The Morgan fingerprint density at radius 1 is 1.28 bits per heavy atom. The van der Waals surface area contributed by atoms with Gasteiger partial charge in [-0.1, -0.05) is 0 Å². The molecule has 2 heterocycles. The zero-order valence-electron chi connectivity index (χ0n) is 14.7. The fraction of sp³-hybridized carbons (Fsp3) is 0.368. The molecule has 3 rings (SSSR count). The Balaban J connectivity index is 1.85. The first-order valence-corrected chi connectivity index (χ1v) is 8.26. The molecule has 1 aromatic heterocycles. The zero-order chi connectivity index (χ0) is 18.0. The van der Waals surface area contributed by atoms with Crippen molar-refractivity contribution in [2.24, 2.45) is 0 Å². The second kappa shape index (κ2) is 6.63. The maximum absolute atomic E-state index is 12.4. The SMILES string of the molecule is CC(C)(C)OC(=O)N1CCNc2ccc(-c3ccc(C=O)o3)cc2C1. The van der Waals surface area contributed by atoms with Crippen LogP contribution in [0, 0.1) is 0 Å². The summed E-state index contributed by atoms with van der Waals surface area (Å²) in [6, 6.07) is 9.27. The van der Waals surface area contributed by atoms with E-state index in [1.807, 2.05) is 39.0 Å². The average molecular weight is 342 g/mol. The van der Waals surface area contributed by atoms with Gasteiger partial charge in [-0.05, 0) is 56.7 Å². The van der Waals surface area contributed by atoms with Gasteiger partial charge in [0.05, 0.1) is 6.54 Å². The van der Waals surface area contributed by atoms with Gasteiger partial charge in [-0.3, -0.25) is 4.79 Å². The van der Waals surface area contributed by atoms with E-state index in [1.54, 1.807) is 17.0 Å². The highest BCUT2D eigenvalue weighted by Crippen LogP contribution is 2.29. The van der Waals surface area contributed by atoms with Gasteiger partial charge in [0.1, 0.15) is 11.4 Å². The number of nitrogens with zero attached hydrogens (tertiary/aromatic N) is 1. The summed E-state index contributed by atoms with van der Waals surface area (Å²) in [4.78, 5) is 24.9. The van der Waals surface area contributed by atoms with Crippen LogP contribution in [0.2, 0.25) is 0 Å². The van der Waals surface area contributed by atoms with Crippen LogP contribution in [0.15, 0.2) is 34.7 Å². The number of anilines is 1. The van der Waals surface area contributed by atoms with E-state index in [2.05, 4.69) is 5.32 Å². The predicted octanol–water partition coefficient (Wildman–Crippen LogP) is 3.92. The monoisotopic (exact) mass is 342 g/mol. The second-order valence-corrected chi connectivity index (χ2v) is 7.02. The fourth-order valence-corrected chi connectivity index (χ4v) is 2.71. The van der Waals surface area contributed by atoms with Crippen LogP contribution in [0.3, 0.4) is 0 Å². The minimum Gasteiger partial charge on any atom is -0.453 e. The molecule has 6 nitrogen and oxygen atoms in total. The first-order chi connectivity index (χ1) is 11.9. The number of ether oxygens (including phenoxy) is 1. The lowest BCUT2D eigenvalue weighted by atomic mass is 10.1. The summed E-state index contributed by atoms with van der Waals surface area (Å²) >= 11 is 0. The molecule has 0 fully saturated rings. The van der Waals surface area contributed by atoms with Crippen molar-refractivity contribution in [2.75, 3.05) is 18.4 Å². The topological polar surface area (TPSA) is 71.8 Å². The molecule has 0 saturated heterocycles. The standard InChI is InChI=1S/C19H22N2O4/c1-19(2,3)25-18(23)21-9-8-20-16-6-4-13(10-14(16)11-21)17-7-5-15(12-22)24-17/h4-7,10,12,20H,8-9,11H2,1-3H3. The summed E-state index contributed by atoms with van der Waals surface area (Å²) in [6.45, 7) is 7.24. The van der Waals surface area contributed by atoms with E-state index < -0.39 is 5.60 Å². The Bertz CT molecular complexity index is 789. The molecular formula is C19H22N2O4. The minimum absolute atomic E-state index is 0.290. The third-order valence-electron chi connectivity index (χ3n) is 3.84. The largest absolute Gasteiger partial charge is 0.453 e. The molecule has 6 heteroatoms. The number of amides is 1. The number of hydrogen-bond donors (Lipinski definition) is 1. The molecule has 2 aromatic rings. The van der Waals surface area contributed by atoms with Crippen LogP contribution in [-0.2, 0) is 11.3 Å². The van der Waals surface area contributed by atoms with Crippen LogP contribution < -0.4 is 5.32 Å². The number of fused-ring (bicyclic) bond motifs is 1. The van der Waals surface area contributed by atoms with Crippen molar-refractivity contribution in [3.63, 3.8) is 0 Å². The van der Waals surface area contributed by atoms with E-state index in [-0.39, 0.29) is 6.09 Å². The Labute approximate surface area is 146 Å². The third kappa shape index (κ3) is 4.02. The summed E-state index contributed by atoms with van der Waals surface area (Å²) < 4.78 is 11.0. The lowest BCUT2D eigenvalue weighted by Gasteiger charge is -2.26. The maximum atomic E-state index is 12.4. The normalized spacial score (nSPS) is 14.3. The van der Waals surface area contributed by atoms with Crippen LogP contribution >= 0.6 is 0 Å². The molecule has 132 valence electrons. The zero-order valence-corrected chi connectivity index (χ0v) is 14.7. The Kier molecular flexibility index (Phi) is 4.53. The number of benzene rings is 1. The predicted molar refractivity (Wildman–Crippen MR) is 94.7 cm³/mol. The summed E-state index contributed by atoms with van der Waals surface area (Å²) in [5.41, 5.74) is 2.29. The molecule has 0 saturated carbocycles. The van der Waals surface area contributed by atoms with E-state index >= 15 is 0 Å². The van der Waals surface area contributed by atoms with Crippen molar-refractivity contribution in [3.05, 3.63) is 41.7 Å². The fourth-order valence-electron chi connectivity index (χ4n) is 2.71. The highest BCUT2D eigenvalue weighted by Gasteiger charge is 2.24. The average Bonchev–Trinajstić information content (AvgIpc) is 2.92. The number of rotatable bonds is 2. The molecule has 0 spiro atoms. The van der Waals surface area contributed by atoms with Gasteiger partial charge in [0.15, 0.2) is 12.0 Å². The van der Waals surface area contributed by atoms with Gasteiger partial charge in [-0.15, -0.1) is 0 Å². The van der Waals surface area contributed by atoms with E-state index in [0.717, 1.165) is 16.8 Å². The van der Waals surface area contributed by atoms with E-state index in [0.29, 0.717) is 37.4 Å². The summed E-state index contributed by atoms with van der Waals surface area (Å²) in [5, 5.41) is 3.33. The molecule has 0 unspecified atom stereocenters. The van der Waals surface area contributed by atoms with E-state index in [4.69, 9.17) is 9.15 Å². The smallest absolute Gasteiger partial charge is 0.410 e. The van der Waals surface area contributed by atoms with Crippen molar-refractivity contribution >= 4 is 18.1 Å². The molecule has 1 amide bonds. The number of aldehydes is 1. The van der Waals surface area contributed by atoms with Gasteiger partial charge < -0.3 is 19.4 Å². The molecule has 1 aromatic carbocycles. The number of hydrogen-bond acceptors (Lipinski definition) is 5. The maximum Gasteiger partial charge on any atom is 0.410 e. The van der Waals surface area contributed by atoms with Crippen molar-refractivity contribution in [1.82, 2.24) is 4.90 Å². The first-order valence-electron chi connectivity index (χ1n) is 8.26. The molecule has 0 radical (unpaired) electrons. The van der Waals surface area contributed by atoms with Gasteiger partial charge in [0.25, 0.3) is 0 Å². The lowest BCUT2D eigenvalue weighted by molar-refractivity contribution is 0.0245. The molecule has 0 atom stereocenters. The summed E-state index contributed by atoms with van der Waals surface area (Å²) in [7, 11) is 0.